The van der Waals surface area contributed by atoms with Crippen molar-refractivity contribution < 1.29 is 0 Å². The molecule has 16 heavy (non-hydrogen) atoms. The summed E-state index contributed by atoms with van der Waals surface area (Å²) in [4.78, 5) is 9.25. The second kappa shape index (κ2) is 4.41. The van der Waals surface area contributed by atoms with Crippen LogP contribution in [-0.4, -0.2) is 9.97 Å². The molecule has 2 aliphatic carbocycles. The second-order valence-electron chi connectivity index (χ2n) is 4.83. The van der Waals surface area contributed by atoms with Gasteiger partial charge in [-0.2, -0.15) is 0 Å². The molecular formula is C12H14ClIN2. The van der Waals surface area contributed by atoms with Crippen LogP contribution in [0, 0.1) is 3.57 Å². The van der Waals surface area contributed by atoms with E-state index in [2.05, 4.69) is 27.6 Å². The second-order valence-corrected chi connectivity index (χ2v) is 6.26. The number of rotatable bonds is 2. The van der Waals surface area contributed by atoms with Gasteiger partial charge in [-0.3, -0.25) is 0 Å². The molecule has 2 saturated carbocycles. The molecular weight excluding hydrogens is 335 g/mol. The van der Waals surface area contributed by atoms with Crippen molar-refractivity contribution in [2.24, 2.45) is 0 Å². The van der Waals surface area contributed by atoms with E-state index in [1.165, 1.54) is 44.2 Å². The molecule has 0 N–H and O–H groups in total. The van der Waals surface area contributed by atoms with Gasteiger partial charge < -0.3 is 0 Å². The van der Waals surface area contributed by atoms with Crippen LogP contribution in [0.25, 0.3) is 0 Å². The predicted octanol–water partition coefficient (Wildman–Crippen LogP) is 4.27. The normalized spacial score (nSPS) is 21.6. The maximum atomic E-state index is 6.21. The summed E-state index contributed by atoms with van der Waals surface area (Å²) >= 11 is 8.49. The predicted molar refractivity (Wildman–Crippen MR) is 72.9 cm³/mol. The van der Waals surface area contributed by atoms with Crippen molar-refractivity contribution in [3.05, 3.63) is 20.2 Å². The molecule has 4 heteroatoms. The van der Waals surface area contributed by atoms with Crippen LogP contribution < -0.4 is 0 Å². The van der Waals surface area contributed by atoms with E-state index < -0.39 is 0 Å². The third-order valence-corrected chi connectivity index (χ3v) is 5.19. The molecule has 86 valence electrons. The molecule has 2 nitrogen and oxygen atoms in total. The van der Waals surface area contributed by atoms with Crippen LogP contribution in [0.3, 0.4) is 0 Å². The van der Waals surface area contributed by atoms with Crippen molar-refractivity contribution in [3.8, 4) is 0 Å². The van der Waals surface area contributed by atoms with Gasteiger partial charge in [-0.05, 0) is 48.3 Å². The Morgan fingerprint density at radius 1 is 1.00 bits per heavy atom. The molecule has 0 spiro atoms. The van der Waals surface area contributed by atoms with Crippen LogP contribution in [-0.2, 0) is 0 Å². The minimum atomic E-state index is 0.562. The Hall–Kier alpha value is 0.100. The quantitative estimate of drug-likeness (QED) is 0.589. The first-order valence-electron chi connectivity index (χ1n) is 5.98. The van der Waals surface area contributed by atoms with Crippen molar-refractivity contribution in [1.82, 2.24) is 9.97 Å². The molecule has 1 heterocycles. The van der Waals surface area contributed by atoms with Gasteiger partial charge in [-0.25, -0.2) is 9.97 Å². The van der Waals surface area contributed by atoms with Crippen molar-refractivity contribution in [2.45, 2.75) is 50.4 Å². The molecule has 0 amide bonds. The van der Waals surface area contributed by atoms with Crippen LogP contribution in [0.1, 0.15) is 61.9 Å². The lowest BCUT2D eigenvalue weighted by molar-refractivity contribution is 0.658. The lowest BCUT2D eigenvalue weighted by atomic mass is 10.1. The standard InChI is InChI=1S/C12H14ClIN2/c13-11-9(14)10(7-5-6-7)15-12(16-11)8-3-1-2-4-8/h7-8H,1-6H2. The fourth-order valence-corrected chi connectivity index (χ4v) is 3.31. The van der Waals surface area contributed by atoms with Gasteiger partial charge in [0.05, 0.1) is 9.26 Å². The SMILES string of the molecule is Clc1nc(C2CCCC2)nc(C2CC2)c1I. The van der Waals surface area contributed by atoms with E-state index in [9.17, 15) is 0 Å². The minimum Gasteiger partial charge on any atom is -0.236 e. The van der Waals surface area contributed by atoms with Crippen LogP contribution >= 0.6 is 34.2 Å². The van der Waals surface area contributed by atoms with Gasteiger partial charge in [0, 0.05) is 11.8 Å². The highest BCUT2D eigenvalue weighted by Crippen LogP contribution is 2.43. The van der Waals surface area contributed by atoms with Gasteiger partial charge in [0.2, 0.25) is 0 Å². The topological polar surface area (TPSA) is 25.8 Å². The fraction of sp³-hybridized carbons (Fsp3) is 0.667. The Morgan fingerprint density at radius 2 is 1.69 bits per heavy atom. The Bertz CT molecular complexity index is 412. The number of hydrogen-bond acceptors (Lipinski definition) is 2. The number of hydrogen-bond donors (Lipinski definition) is 0. The van der Waals surface area contributed by atoms with Gasteiger partial charge in [0.25, 0.3) is 0 Å². The van der Waals surface area contributed by atoms with E-state index in [0.717, 1.165) is 9.39 Å². The van der Waals surface area contributed by atoms with E-state index >= 15 is 0 Å². The zero-order valence-electron chi connectivity index (χ0n) is 9.05. The van der Waals surface area contributed by atoms with Crippen LogP contribution in [0.4, 0.5) is 0 Å². The lowest BCUT2D eigenvalue weighted by Crippen LogP contribution is -2.06. The minimum absolute atomic E-state index is 0.562. The lowest BCUT2D eigenvalue weighted by Gasteiger charge is -2.11. The molecule has 0 bridgehead atoms. The highest BCUT2D eigenvalue weighted by Gasteiger charge is 2.30. The van der Waals surface area contributed by atoms with E-state index in [-0.39, 0.29) is 0 Å². The first-order valence-corrected chi connectivity index (χ1v) is 7.44. The molecule has 0 aromatic carbocycles. The molecule has 1 aromatic heterocycles. The smallest absolute Gasteiger partial charge is 0.146 e. The summed E-state index contributed by atoms with van der Waals surface area (Å²) < 4.78 is 1.07. The molecule has 0 atom stereocenters. The summed E-state index contributed by atoms with van der Waals surface area (Å²) in [6.45, 7) is 0. The summed E-state index contributed by atoms with van der Waals surface area (Å²) in [5, 5.41) is 0.666. The average Bonchev–Trinajstić information content (AvgIpc) is 2.96. The maximum Gasteiger partial charge on any atom is 0.146 e. The van der Waals surface area contributed by atoms with Gasteiger partial charge in [0.1, 0.15) is 11.0 Å². The van der Waals surface area contributed by atoms with Gasteiger partial charge in [0.15, 0.2) is 0 Å². The Kier molecular flexibility index (Phi) is 3.09. The molecule has 2 aliphatic rings. The van der Waals surface area contributed by atoms with E-state index in [1.807, 2.05) is 0 Å². The Labute approximate surface area is 114 Å². The highest BCUT2D eigenvalue weighted by atomic mass is 127. The third-order valence-electron chi connectivity index (χ3n) is 3.54. The van der Waals surface area contributed by atoms with E-state index in [4.69, 9.17) is 16.6 Å². The zero-order valence-corrected chi connectivity index (χ0v) is 12.0. The molecule has 3 rings (SSSR count). The van der Waals surface area contributed by atoms with Crippen molar-refractivity contribution >= 4 is 34.2 Å². The first kappa shape index (κ1) is 11.2. The molecule has 1 aromatic rings. The summed E-state index contributed by atoms with van der Waals surface area (Å²) in [6, 6.07) is 0. The first-order chi connectivity index (χ1) is 7.75. The summed E-state index contributed by atoms with van der Waals surface area (Å²) in [7, 11) is 0. The zero-order chi connectivity index (χ0) is 11.1. The maximum absolute atomic E-state index is 6.21. The monoisotopic (exact) mass is 348 g/mol. The van der Waals surface area contributed by atoms with Crippen LogP contribution in [0.2, 0.25) is 5.15 Å². The van der Waals surface area contributed by atoms with Crippen molar-refractivity contribution in [1.29, 1.82) is 0 Å². The van der Waals surface area contributed by atoms with E-state index in [1.54, 1.807) is 0 Å². The largest absolute Gasteiger partial charge is 0.236 e. The highest BCUT2D eigenvalue weighted by molar-refractivity contribution is 14.1. The average molecular weight is 349 g/mol. The van der Waals surface area contributed by atoms with Crippen LogP contribution in [0.15, 0.2) is 0 Å². The Morgan fingerprint density at radius 3 is 2.31 bits per heavy atom. The number of nitrogens with zero attached hydrogens (tertiary/aromatic N) is 2. The number of aromatic nitrogens is 2. The summed E-state index contributed by atoms with van der Waals surface area (Å²) in [5.41, 5.74) is 1.21. The van der Waals surface area contributed by atoms with Gasteiger partial charge >= 0.3 is 0 Å². The Balaban J connectivity index is 1.98. The molecule has 0 aliphatic heterocycles. The summed E-state index contributed by atoms with van der Waals surface area (Å²) in [6.07, 6.45) is 7.65. The molecule has 0 unspecified atom stereocenters. The molecule has 2 fully saturated rings. The summed E-state index contributed by atoms with van der Waals surface area (Å²) in [5.74, 6) is 2.23. The third kappa shape index (κ3) is 2.08. The molecule has 0 radical (unpaired) electrons. The van der Waals surface area contributed by atoms with Crippen molar-refractivity contribution in [3.63, 3.8) is 0 Å². The fourth-order valence-electron chi connectivity index (χ4n) is 2.45. The van der Waals surface area contributed by atoms with Gasteiger partial charge in [-0.15, -0.1) is 0 Å². The van der Waals surface area contributed by atoms with Gasteiger partial charge in [-0.1, -0.05) is 24.4 Å². The van der Waals surface area contributed by atoms with E-state index in [0.29, 0.717) is 17.0 Å². The van der Waals surface area contributed by atoms with Crippen molar-refractivity contribution in [2.75, 3.05) is 0 Å². The molecule has 0 saturated heterocycles. The van der Waals surface area contributed by atoms with Crippen LogP contribution in [0.5, 0.6) is 0 Å². The number of halogens is 2.